The lowest BCUT2D eigenvalue weighted by Crippen LogP contribution is -2.43. The third kappa shape index (κ3) is 4.50. The number of β-amino-alcohol motifs (C(OH)–C–C–N with tert-alkyl or cyclic N) is 1. The summed E-state index contributed by atoms with van der Waals surface area (Å²) in [6.07, 6.45) is 0.975. The highest BCUT2D eigenvalue weighted by Gasteiger charge is 2.33. The van der Waals surface area contributed by atoms with Gasteiger partial charge in [-0.2, -0.15) is 0 Å². The number of carbonyl (C=O) groups is 2. The first-order valence-corrected chi connectivity index (χ1v) is 11.6. The molecule has 0 aliphatic carbocycles. The van der Waals surface area contributed by atoms with Crippen LogP contribution in [-0.4, -0.2) is 52.0 Å². The van der Waals surface area contributed by atoms with E-state index in [0.29, 0.717) is 59.0 Å². The fourth-order valence-electron chi connectivity index (χ4n) is 4.93. The highest BCUT2D eigenvalue weighted by atomic mass is 19.1. The number of hydrogen-bond donors (Lipinski definition) is 4. The predicted molar refractivity (Wildman–Crippen MR) is 132 cm³/mol. The van der Waals surface area contributed by atoms with E-state index in [1.165, 1.54) is 18.2 Å². The van der Waals surface area contributed by atoms with Crippen LogP contribution < -0.4 is 10.6 Å². The zero-order chi connectivity index (χ0) is 24.7. The number of hydrogen-bond acceptors (Lipinski definition) is 4. The molecule has 2 aliphatic rings. The van der Waals surface area contributed by atoms with Gasteiger partial charge in [-0.05, 0) is 49.2 Å². The highest BCUT2D eigenvalue weighted by molar-refractivity contribution is 6.34. The first-order valence-electron chi connectivity index (χ1n) is 11.6. The van der Waals surface area contributed by atoms with Crippen molar-refractivity contribution in [2.45, 2.75) is 32.5 Å². The molecule has 2 aromatic carbocycles. The Balaban J connectivity index is 1.33. The van der Waals surface area contributed by atoms with Crippen molar-refractivity contribution < 1.29 is 19.1 Å². The maximum Gasteiger partial charge on any atom is 0.256 e. The molecule has 0 saturated carbocycles. The molecule has 2 unspecified atom stereocenters. The van der Waals surface area contributed by atoms with Crippen LogP contribution in [0.5, 0.6) is 0 Å². The van der Waals surface area contributed by atoms with Gasteiger partial charge < -0.3 is 20.7 Å². The number of aryl methyl sites for hydroxylation is 1. The van der Waals surface area contributed by atoms with Gasteiger partial charge in [-0.15, -0.1) is 0 Å². The number of nitrogens with one attached hydrogen (secondary N) is 3. The first-order chi connectivity index (χ1) is 16.8. The predicted octanol–water partition coefficient (Wildman–Crippen LogP) is 3.24. The van der Waals surface area contributed by atoms with E-state index < -0.39 is 18.0 Å². The number of fused-ring (bicyclic) bond motifs is 1. The minimum Gasteiger partial charge on any atom is -0.390 e. The SMILES string of the molecule is Cc1[nH]c(C=C2C(=O)Nc3ccc(F)cc32)c(C)c1C(=O)NC1CN(Cc2ccccc2)CC1O. The van der Waals surface area contributed by atoms with Crippen LogP contribution in [0.2, 0.25) is 0 Å². The summed E-state index contributed by atoms with van der Waals surface area (Å²) in [6, 6.07) is 13.8. The van der Waals surface area contributed by atoms with E-state index in [-0.39, 0.29) is 11.8 Å². The van der Waals surface area contributed by atoms with E-state index >= 15 is 0 Å². The minimum atomic E-state index is -0.669. The van der Waals surface area contributed by atoms with Crippen molar-refractivity contribution in [3.05, 3.63) is 88.0 Å². The Morgan fingerprint density at radius 1 is 1.20 bits per heavy atom. The lowest BCUT2D eigenvalue weighted by atomic mass is 10.0. The van der Waals surface area contributed by atoms with E-state index in [1.54, 1.807) is 19.9 Å². The Hall–Kier alpha value is -3.75. The third-order valence-electron chi connectivity index (χ3n) is 6.69. The molecule has 3 aromatic rings. The quantitative estimate of drug-likeness (QED) is 0.427. The van der Waals surface area contributed by atoms with Gasteiger partial charge in [0, 0.05) is 42.3 Å². The topological polar surface area (TPSA) is 97.5 Å². The summed E-state index contributed by atoms with van der Waals surface area (Å²) in [5.41, 5.74) is 4.93. The number of nitrogens with zero attached hydrogens (tertiary/aromatic N) is 1. The van der Waals surface area contributed by atoms with Gasteiger partial charge in [0.15, 0.2) is 0 Å². The molecule has 180 valence electrons. The normalized spacial score (nSPS) is 20.8. The smallest absolute Gasteiger partial charge is 0.256 e. The Bertz CT molecular complexity index is 1330. The van der Waals surface area contributed by atoms with E-state index in [4.69, 9.17) is 0 Å². The lowest BCUT2D eigenvalue weighted by molar-refractivity contribution is -0.110. The number of halogens is 1. The number of rotatable bonds is 5. The Kier molecular flexibility index (Phi) is 6.00. The molecule has 0 radical (unpaired) electrons. The van der Waals surface area contributed by atoms with Crippen LogP contribution in [0.3, 0.4) is 0 Å². The van der Waals surface area contributed by atoms with Gasteiger partial charge in [-0.1, -0.05) is 30.3 Å². The minimum absolute atomic E-state index is 0.283. The van der Waals surface area contributed by atoms with Crippen molar-refractivity contribution in [1.29, 1.82) is 0 Å². The maximum atomic E-state index is 13.8. The molecule has 4 N–H and O–H groups in total. The number of aromatic amines is 1. The summed E-state index contributed by atoms with van der Waals surface area (Å²) >= 11 is 0. The molecule has 1 saturated heterocycles. The molecular formula is C27H27FN4O3. The van der Waals surface area contributed by atoms with Gasteiger partial charge in [0.1, 0.15) is 5.82 Å². The number of likely N-dealkylation sites (tertiary alicyclic amines) is 1. The molecule has 0 spiro atoms. The Morgan fingerprint density at radius 3 is 2.74 bits per heavy atom. The molecule has 2 aliphatic heterocycles. The molecule has 35 heavy (non-hydrogen) atoms. The fourth-order valence-corrected chi connectivity index (χ4v) is 4.93. The summed E-state index contributed by atoms with van der Waals surface area (Å²) in [7, 11) is 0. The molecule has 1 fully saturated rings. The molecule has 8 heteroatoms. The van der Waals surface area contributed by atoms with E-state index in [1.807, 2.05) is 30.3 Å². The molecule has 1 aromatic heterocycles. The third-order valence-corrected chi connectivity index (χ3v) is 6.69. The summed E-state index contributed by atoms with van der Waals surface area (Å²) < 4.78 is 13.8. The second-order valence-electron chi connectivity index (χ2n) is 9.19. The van der Waals surface area contributed by atoms with Crippen LogP contribution in [0.25, 0.3) is 11.6 Å². The Morgan fingerprint density at radius 2 is 1.97 bits per heavy atom. The van der Waals surface area contributed by atoms with Gasteiger partial charge in [0.2, 0.25) is 0 Å². The summed E-state index contributed by atoms with van der Waals surface area (Å²) in [6.45, 7) is 5.32. The van der Waals surface area contributed by atoms with Gasteiger partial charge in [0.05, 0.1) is 23.3 Å². The standard InChI is InChI=1S/C27H27FN4O3/c1-15-22(11-20-19-10-18(28)8-9-21(19)30-26(20)34)29-16(2)25(15)27(35)31-23-13-32(14-24(23)33)12-17-6-4-3-5-7-17/h3-11,23-24,29,33H,12-14H2,1-2H3,(H,30,34)(H,31,35). The van der Waals surface area contributed by atoms with Gasteiger partial charge in [-0.25, -0.2) is 4.39 Å². The summed E-state index contributed by atoms with van der Waals surface area (Å²) in [5.74, 6) is -1.04. The zero-order valence-electron chi connectivity index (χ0n) is 19.6. The largest absolute Gasteiger partial charge is 0.390 e. The number of aliphatic hydroxyl groups is 1. The highest BCUT2D eigenvalue weighted by Crippen LogP contribution is 2.34. The van der Waals surface area contributed by atoms with E-state index in [2.05, 4.69) is 20.5 Å². The number of carbonyl (C=O) groups excluding carboxylic acids is 2. The number of amides is 2. The average Bonchev–Trinajstić information content (AvgIpc) is 3.41. The van der Waals surface area contributed by atoms with Crippen LogP contribution in [0.4, 0.5) is 10.1 Å². The van der Waals surface area contributed by atoms with E-state index in [0.717, 1.165) is 5.56 Å². The number of anilines is 1. The number of aliphatic hydroxyl groups excluding tert-OH is 1. The van der Waals surface area contributed by atoms with Crippen molar-refractivity contribution in [3.8, 4) is 0 Å². The Labute approximate surface area is 202 Å². The molecule has 2 amide bonds. The summed E-state index contributed by atoms with van der Waals surface area (Å²) in [4.78, 5) is 31.0. The monoisotopic (exact) mass is 474 g/mol. The molecule has 3 heterocycles. The number of H-pyrrole nitrogens is 1. The molecule has 0 bridgehead atoms. The van der Waals surface area contributed by atoms with Crippen molar-refractivity contribution in [2.24, 2.45) is 0 Å². The van der Waals surface area contributed by atoms with Crippen molar-refractivity contribution >= 4 is 29.2 Å². The maximum absolute atomic E-state index is 13.8. The summed E-state index contributed by atoms with van der Waals surface area (Å²) in [5, 5.41) is 16.3. The van der Waals surface area contributed by atoms with Crippen molar-refractivity contribution in [1.82, 2.24) is 15.2 Å². The van der Waals surface area contributed by atoms with Crippen LogP contribution in [0, 0.1) is 19.7 Å². The second-order valence-corrected chi connectivity index (χ2v) is 9.19. The van der Waals surface area contributed by atoms with Crippen LogP contribution in [-0.2, 0) is 11.3 Å². The average molecular weight is 475 g/mol. The van der Waals surface area contributed by atoms with Gasteiger partial charge in [0.25, 0.3) is 11.8 Å². The molecule has 5 rings (SSSR count). The van der Waals surface area contributed by atoms with Gasteiger partial charge >= 0.3 is 0 Å². The lowest BCUT2D eigenvalue weighted by Gasteiger charge is -2.17. The van der Waals surface area contributed by atoms with Crippen LogP contribution >= 0.6 is 0 Å². The fraction of sp³-hybridized carbons (Fsp3) is 0.259. The number of benzene rings is 2. The van der Waals surface area contributed by atoms with Crippen LogP contribution in [0.1, 0.15) is 38.4 Å². The zero-order valence-corrected chi connectivity index (χ0v) is 19.6. The number of aromatic nitrogens is 1. The molecule has 7 nitrogen and oxygen atoms in total. The first kappa shape index (κ1) is 23.0. The molecular weight excluding hydrogens is 447 g/mol. The van der Waals surface area contributed by atoms with Gasteiger partial charge in [-0.3, -0.25) is 14.5 Å². The van der Waals surface area contributed by atoms with Crippen molar-refractivity contribution in [2.75, 3.05) is 18.4 Å². The molecule has 2 atom stereocenters. The second kappa shape index (κ2) is 9.13. The van der Waals surface area contributed by atoms with E-state index in [9.17, 15) is 19.1 Å². The van der Waals surface area contributed by atoms with Crippen molar-refractivity contribution in [3.63, 3.8) is 0 Å². The van der Waals surface area contributed by atoms with Crippen LogP contribution in [0.15, 0.2) is 48.5 Å².